The molecule has 1 aromatic rings. The summed E-state index contributed by atoms with van der Waals surface area (Å²) in [5.41, 5.74) is 2.28. The number of amides is 1. The van der Waals surface area contributed by atoms with Gasteiger partial charge in [0, 0.05) is 11.4 Å². The summed E-state index contributed by atoms with van der Waals surface area (Å²) in [6, 6.07) is 8.01. The van der Waals surface area contributed by atoms with Gasteiger partial charge in [0.05, 0.1) is 6.42 Å². The summed E-state index contributed by atoms with van der Waals surface area (Å²) < 4.78 is 0. The Morgan fingerprint density at radius 2 is 2.12 bits per heavy atom. The van der Waals surface area contributed by atoms with E-state index >= 15 is 0 Å². The standard InChI is InChI=1S/C14H20BrNO/c1-3-13(15)8-9-16-14(17)10-12-7-5-4-6-11(12)2/h4-7,13H,3,8-10H2,1-2H3,(H,16,17). The summed E-state index contributed by atoms with van der Waals surface area (Å²) in [6.07, 6.45) is 2.55. The number of nitrogens with one attached hydrogen (secondary N) is 1. The fourth-order valence-electron chi connectivity index (χ4n) is 1.62. The minimum Gasteiger partial charge on any atom is -0.356 e. The first-order chi connectivity index (χ1) is 8.13. The van der Waals surface area contributed by atoms with E-state index < -0.39 is 0 Å². The number of rotatable bonds is 6. The van der Waals surface area contributed by atoms with E-state index in [2.05, 4.69) is 28.2 Å². The number of alkyl halides is 1. The van der Waals surface area contributed by atoms with Gasteiger partial charge in [-0.1, -0.05) is 47.1 Å². The first kappa shape index (κ1) is 14.2. The van der Waals surface area contributed by atoms with E-state index in [1.807, 2.05) is 31.2 Å². The maximum Gasteiger partial charge on any atom is 0.224 e. The Labute approximate surface area is 112 Å². The summed E-state index contributed by atoms with van der Waals surface area (Å²) in [7, 11) is 0. The van der Waals surface area contributed by atoms with Gasteiger partial charge < -0.3 is 5.32 Å². The van der Waals surface area contributed by atoms with Gasteiger partial charge in [-0.2, -0.15) is 0 Å². The molecule has 0 spiro atoms. The number of aryl methyl sites for hydroxylation is 1. The number of hydrogen-bond acceptors (Lipinski definition) is 1. The largest absolute Gasteiger partial charge is 0.356 e. The molecule has 0 saturated carbocycles. The third kappa shape index (κ3) is 5.35. The highest BCUT2D eigenvalue weighted by Crippen LogP contribution is 2.09. The van der Waals surface area contributed by atoms with Crippen LogP contribution in [0.25, 0.3) is 0 Å². The second-order valence-electron chi connectivity index (χ2n) is 4.25. The van der Waals surface area contributed by atoms with Crippen molar-refractivity contribution < 1.29 is 4.79 Å². The molecule has 0 aliphatic heterocycles. The fraction of sp³-hybridized carbons (Fsp3) is 0.500. The van der Waals surface area contributed by atoms with E-state index in [1.54, 1.807) is 0 Å². The normalized spacial score (nSPS) is 12.2. The van der Waals surface area contributed by atoms with Crippen LogP contribution in [0.15, 0.2) is 24.3 Å². The van der Waals surface area contributed by atoms with Crippen molar-refractivity contribution in [1.29, 1.82) is 0 Å². The molecule has 0 heterocycles. The van der Waals surface area contributed by atoms with Crippen LogP contribution in [0.5, 0.6) is 0 Å². The van der Waals surface area contributed by atoms with Crippen molar-refractivity contribution in [1.82, 2.24) is 5.32 Å². The van der Waals surface area contributed by atoms with Crippen molar-refractivity contribution in [2.24, 2.45) is 0 Å². The molecule has 3 heteroatoms. The molecule has 0 bridgehead atoms. The summed E-state index contributed by atoms with van der Waals surface area (Å²) in [6.45, 7) is 4.91. The van der Waals surface area contributed by atoms with Gasteiger partial charge in [-0.05, 0) is 30.9 Å². The molecule has 1 atom stereocenters. The lowest BCUT2D eigenvalue weighted by Gasteiger charge is -2.09. The summed E-state index contributed by atoms with van der Waals surface area (Å²) in [5.74, 6) is 0.107. The van der Waals surface area contributed by atoms with Crippen molar-refractivity contribution in [3.05, 3.63) is 35.4 Å². The number of carbonyl (C=O) groups excluding carboxylic acids is 1. The van der Waals surface area contributed by atoms with Gasteiger partial charge in [-0.3, -0.25) is 4.79 Å². The predicted octanol–water partition coefficient (Wildman–Crippen LogP) is 3.22. The van der Waals surface area contributed by atoms with Crippen molar-refractivity contribution in [2.75, 3.05) is 6.54 Å². The number of carbonyl (C=O) groups is 1. The molecular weight excluding hydrogens is 278 g/mol. The highest BCUT2D eigenvalue weighted by atomic mass is 79.9. The third-order valence-electron chi connectivity index (χ3n) is 2.83. The Morgan fingerprint density at radius 3 is 2.76 bits per heavy atom. The van der Waals surface area contributed by atoms with Crippen molar-refractivity contribution in [3.8, 4) is 0 Å². The van der Waals surface area contributed by atoms with Gasteiger partial charge in [-0.15, -0.1) is 0 Å². The third-order valence-corrected chi connectivity index (χ3v) is 3.94. The van der Waals surface area contributed by atoms with Gasteiger partial charge in [0.15, 0.2) is 0 Å². The van der Waals surface area contributed by atoms with Crippen molar-refractivity contribution >= 4 is 21.8 Å². The van der Waals surface area contributed by atoms with E-state index in [-0.39, 0.29) is 5.91 Å². The minimum absolute atomic E-state index is 0.107. The van der Waals surface area contributed by atoms with Crippen LogP contribution in [0.1, 0.15) is 30.9 Å². The molecule has 1 aromatic carbocycles. The van der Waals surface area contributed by atoms with E-state index in [0.717, 1.165) is 24.9 Å². The molecular formula is C14H20BrNO. The van der Waals surface area contributed by atoms with Gasteiger partial charge >= 0.3 is 0 Å². The Morgan fingerprint density at radius 1 is 1.41 bits per heavy atom. The lowest BCUT2D eigenvalue weighted by molar-refractivity contribution is -0.120. The number of hydrogen-bond donors (Lipinski definition) is 1. The average molecular weight is 298 g/mol. The molecule has 0 aromatic heterocycles. The topological polar surface area (TPSA) is 29.1 Å². The zero-order chi connectivity index (χ0) is 12.7. The molecule has 0 aliphatic rings. The number of benzene rings is 1. The van der Waals surface area contributed by atoms with Crippen molar-refractivity contribution in [2.45, 2.75) is 37.9 Å². The van der Waals surface area contributed by atoms with Gasteiger partial charge in [-0.25, -0.2) is 0 Å². The van der Waals surface area contributed by atoms with Crippen LogP contribution in [-0.2, 0) is 11.2 Å². The molecule has 0 saturated heterocycles. The quantitative estimate of drug-likeness (QED) is 0.803. The lowest BCUT2D eigenvalue weighted by Crippen LogP contribution is -2.27. The highest BCUT2D eigenvalue weighted by Gasteiger charge is 2.06. The van der Waals surface area contributed by atoms with Crippen LogP contribution < -0.4 is 5.32 Å². The Hall–Kier alpha value is -0.830. The summed E-state index contributed by atoms with van der Waals surface area (Å²) >= 11 is 3.55. The Balaban J connectivity index is 2.33. The lowest BCUT2D eigenvalue weighted by atomic mass is 10.1. The van der Waals surface area contributed by atoms with E-state index in [0.29, 0.717) is 11.2 Å². The first-order valence-electron chi connectivity index (χ1n) is 6.08. The van der Waals surface area contributed by atoms with E-state index in [9.17, 15) is 4.79 Å². The smallest absolute Gasteiger partial charge is 0.224 e. The number of halogens is 1. The van der Waals surface area contributed by atoms with Crippen LogP contribution in [0.2, 0.25) is 0 Å². The molecule has 0 aliphatic carbocycles. The highest BCUT2D eigenvalue weighted by molar-refractivity contribution is 9.09. The zero-order valence-corrected chi connectivity index (χ0v) is 12.1. The SMILES string of the molecule is CCC(Br)CCNC(=O)Cc1ccccc1C. The molecule has 94 valence electrons. The van der Waals surface area contributed by atoms with Crippen LogP contribution in [-0.4, -0.2) is 17.3 Å². The molecule has 1 rings (SSSR count). The van der Waals surface area contributed by atoms with Gasteiger partial charge in [0.25, 0.3) is 0 Å². The van der Waals surface area contributed by atoms with E-state index in [1.165, 1.54) is 5.56 Å². The fourth-order valence-corrected chi connectivity index (χ4v) is 1.85. The monoisotopic (exact) mass is 297 g/mol. The van der Waals surface area contributed by atoms with Crippen LogP contribution >= 0.6 is 15.9 Å². The Bertz CT molecular complexity index is 365. The molecule has 0 fully saturated rings. The minimum atomic E-state index is 0.107. The second kappa shape index (κ2) is 7.49. The van der Waals surface area contributed by atoms with Crippen LogP contribution in [0.4, 0.5) is 0 Å². The average Bonchev–Trinajstić information content (AvgIpc) is 2.32. The molecule has 0 radical (unpaired) electrons. The molecule has 1 N–H and O–H groups in total. The van der Waals surface area contributed by atoms with Gasteiger partial charge in [0.1, 0.15) is 0 Å². The molecule has 17 heavy (non-hydrogen) atoms. The first-order valence-corrected chi connectivity index (χ1v) is 7.00. The van der Waals surface area contributed by atoms with Crippen molar-refractivity contribution in [3.63, 3.8) is 0 Å². The Kier molecular flexibility index (Phi) is 6.27. The maximum absolute atomic E-state index is 11.7. The van der Waals surface area contributed by atoms with Gasteiger partial charge in [0.2, 0.25) is 5.91 Å². The summed E-state index contributed by atoms with van der Waals surface area (Å²) in [5, 5.41) is 2.95. The molecule has 2 nitrogen and oxygen atoms in total. The second-order valence-corrected chi connectivity index (χ2v) is 5.54. The van der Waals surface area contributed by atoms with E-state index in [4.69, 9.17) is 0 Å². The zero-order valence-electron chi connectivity index (χ0n) is 10.5. The molecule has 1 unspecified atom stereocenters. The predicted molar refractivity (Wildman–Crippen MR) is 75.5 cm³/mol. The summed E-state index contributed by atoms with van der Waals surface area (Å²) in [4.78, 5) is 12.2. The molecule has 1 amide bonds. The van der Waals surface area contributed by atoms with Crippen LogP contribution in [0, 0.1) is 6.92 Å². The van der Waals surface area contributed by atoms with Crippen LogP contribution in [0.3, 0.4) is 0 Å². The maximum atomic E-state index is 11.7.